The maximum atomic E-state index is 12.5. The largest absolute Gasteiger partial charge is 0.385 e. The Morgan fingerprint density at radius 3 is 2.15 bits per heavy atom. The van der Waals surface area contributed by atoms with E-state index in [0.29, 0.717) is 13.0 Å². The van der Waals surface area contributed by atoms with E-state index in [9.17, 15) is 9.59 Å². The molecule has 0 radical (unpaired) electrons. The third-order valence-corrected chi connectivity index (χ3v) is 4.83. The van der Waals surface area contributed by atoms with Gasteiger partial charge in [0.05, 0.1) is 0 Å². The zero-order valence-corrected chi connectivity index (χ0v) is 15.3. The minimum atomic E-state index is 0.116. The summed E-state index contributed by atoms with van der Waals surface area (Å²) in [5, 5.41) is 3.26. The number of hydrogen-bond donors (Lipinski definition) is 1. The predicted octanol–water partition coefficient (Wildman–Crippen LogP) is 4.31. The van der Waals surface area contributed by atoms with Crippen LogP contribution < -0.4 is 5.32 Å². The lowest BCUT2D eigenvalue weighted by atomic mass is 10.1. The highest BCUT2D eigenvalue weighted by Gasteiger charge is 2.17. The lowest BCUT2D eigenvalue weighted by molar-refractivity contribution is 0.0724. The first-order chi connectivity index (χ1) is 12.6. The Bertz CT molecular complexity index is 745. The number of rotatable bonds is 6. The topological polar surface area (TPSA) is 49.4 Å². The van der Waals surface area contributed by atoms with Crippen molar-refractivity contribution in [2.24, 2.45) is 0 Å². The fourth-order valence-electron chi connectivity index (χ4n) is 3.21. The molecule has 1 N–H and O–H groups in total. The second kappa shape index (κ2) is 8.65. The lowest BCUT2D eigenvalue weighted by Crippen LogP contribution is -2.35. The van der Waals surface area contributed by atoms with Crippen molar-refractivity contribution in [2.75, 3.05) is 25.0 Å². The number of nitrogens with zero attached hydrogens (tertiary/aromatic N) is 1. The Kier molecular flexibility index (Phi) is 6.05. The first-order valence-electron chi connectivity index (χ1n) is 9.36. The molecule has 0 atom stereocenters. The Morgan fingerprint density at radius 2 is 1.50 bits per heavy atom. The number of carbonyl (C=O) groups is 2. The number of amides is 1. The number of nitrogens with one attached hydrogen (secondary N) is 1. The number of benzene rings is 2. The van der Waals surface area contributed by atoms with Crippen LogP contribution in [0.1, 0.15) is 52.0 Å². The molecule has 3 rings (SSSR count). The molecule has 0 saturated carbocycles. The molecule has 0 unspecified atom stereocenters. The summed E-state index contributed by atoms with van der Waals surface area (Å²) in [6, 6.07) is 15.2. The van der Waals surface area contributed by atoms with Gasteiger partial charge in [0, 0.05) is 42.9 Å². The van der Waals surface area contributed by atoms with Crippen LogP contribution in [0.2, 0.25) is 0 Å². The second-order valence-corrected chi connectivity index (χ2v) is 6.90. The summed E-state index contributed by atoms with van der Waals surface area (Å²) in [7, 11) is 0. The van der Waals surface area contributed by atoms with E-state index in [1.165, 1.54) is 6.42 Å². The van der Waals surface area contributed by atoms with Gasteiger partial charge in [0.15, 0.2) is 5.78 Å². The van der Waals surface area contributed by atoms with Crippen LogP contribution in [0.25, 0.3) is 0 Å². The molecular weight excluding hydrogens is 324 g/mol. The second-order valence-electron chi connectivity index (χ2n) is 6.90. The van der Waals surface area contributed by atoms with Crippen molar-refractivity contribution in [1.82, 2.24) is 4.90 Å². The number of hydrogen-bond acceptors (Lipinski definition) is 3. The van der Waals surface area contributed by atoms with E-state index in [1.54, 1.807) is 0 Å². The smallest absolute Gasteiger partial charge is 0.253 e. The molecule has 136 valence electrons. The molecular formula is C22H26N2O2. The summed E-state index contributed by atoms with van der Waals surface area (Å²) >= 11 is 0. The number of Topliss-reactive ketones (excluding diaryl/α,β-unsaturated/α-hetero) is 1. The summed E-state index contributed by atoms with van der Waals surface area (Å²) < 4.78 is 0. The first-order valence-corrected chi connectivity index (χ1v) is 9.36. The predicted molar refractivity (Wildman–Crippen MR) is 105 cm³/mol. The van der Waals surface area contributed by atoms with Gasteiger partial charge in [-0.25, -0.2) is 0 Å². The van der Waals surface area contributed by atoms with Crippen LogP contribution in [0.4, 0.5) is 5.69 Å². The summed E-state index contributed by atoms with van der Waals surface area (Å²) in [5.74, 6) is 0.250. The zero-order valence-electron chi connectivity index (χ0n) is 15.3. The third-order valence-electron chi connectivity index (χ3n) is 4.83. The van der Waals surface area contributed by atoms with E-state index >= 15 is 0 Å². The van der Waals surface area contributed by atoms with E-state index < -0.39 is 0 Å². The lowest BCUT2D eigenvalue weighted by Gasteiger charge is -2.26. The van der Waals surface area contributed by atoms with Gasteiger partial charge in [-0.15, -0.1) is 0 Å². The minimum absolute atomic E-state index is 0.116. The first kappa shape index (κ1) is 18.2. The number of likely N-dealkylation sites (tertiary alicyclic amines) is 1. The fraction of sp³-hybridized carbons (Fsp3) is 0.364. The maximum Gasteiger partial charge on any atom is 0.253 e. The van der Waals surface area contributed by atoms with Crippen LogP contribution in [-0.2, 0) is 0 Å². The van der Waals surface area contributed by atoms with Gasteiger partial charge in [-0.1, -0.05) is 29.8 Å². The minimum Gasteiger partial charge on any atom is -0.385 e. The van der Waals surface area contributed by atoms with Crippen LogP contribution in [0.3, 0.4) is 0 Å². The quantitative estimate of drug-likeness (QED) is 0.790. The Morgan fingerprint density at radius 1 is 0.885 bits per heavy atom. The molecule has 1 saturated heterocycles. The number of ketones is 1. The van der Waals surface area contributed by atoms with Crippen molar-refractivity contribution in [3.8, 4) is 0 Å². The van der Waals surface area contributed by atoms with Crippen LogP contribution >= 0.6 is 0 Å². The summed E-state index contributed by atoms with van der Waals surface area (Å²) in [6.07, 6.45) is 3.85. The average Bonchev–Trinajstić information content (AvgIpc) is 2.69. The maximum absolute atomic E-state index is 12.5. The number of piperidine rings is 1. The van der Waals surface area contributed by atoms with E-state index in [-0.39, 0.29) is 11.7 Å². The SMILES string of the molecule is Cc1ccc(C(=O)CCNc2ccc(C(=O)N3CCCCC3)cc2)cc1. The normalized spacial score (nSPS) is 14.1. The van der Waals surface area contributed by atoms with Gasteiger partial charge in [-0.2, -0.15) is 0 Å². The molecule has 1 heterocycles. The molecule has 0 aromatic heterocycles. The molecule has 4 heteroatoms. The van der Waals surface area contributed by atoms with Crippen LogP contribution in [0.15, 0.2) is 48.5 Å². The molecule has 0 aliphatic carbocycles. The van der Waals surface area contributed by atoms with Crippen LogP contribution in [0.5, 0.6) is 0 Å². The standard InChI is InChI=1S/C22H26N2O2/c1-17-5-7-18(8-6-17)21(25)13-14-23-20-11-9-19(10-12-20)22(26)24-15-3-2-4-16-24/h5-12,23H,2-4,13-16H2,1H3. The third kappa shape index (κ3) is 4.72. The van der Waals surface area contributed by atoms with Gasteiger partial charge in [0.2, 0.25) is 0 Å². The molecule has 1 aliphatic heterocycles. The highest BCUT2D eigenvalue weighted by atomic mass is 16.2. The molecule has 26 heavy (non-hydrogen) atoms. The van der Waals surface area contributed by atoms with Gasteiger partial charge in [-0.05, 0) is 50.5 Å². The highest BCUT2D eigenvalue weighted by molar-refractivity contribution is 5.96. The molecule has 1 fully saturated rings. The monoisotopic (exact) mass is 350 g/mol. The van der Waals surface area contributed by atoms with Crippen molar-refractivity contribution in [3.63, 3.8) is 0 Å². The van der Waals surface area contributed by atoms with Crippen LogP contribution in [0, 0.1) is 6.92 Å². The fourth-order valence-corrected chi connectivity index (χ4v) is 3.21. The van der Waals surface area contributed by atoms with Crippen molar-refractivity contribution in [3.05, 3.63) is 65.2 Å². The molecule has 1 aliphatic rings. The molecule has 2 aromatic carbocycles. The van der Waals surface area contributed by atoms with Crippen molar-refractivity contribution in [1.29, 1.82) is 0 Å². The van der Waals surface area contributed by atoms with Gasteiger partial charge in [0.25, 0.3) is 5.91 Å². The molecule has 4 nitrogen and oxygen atoms in total. The van der Waals surface area contributed by atoms with Gasteiger partial charge in [0.1, 0.15) is 0 Å². The Hall–Kier alpha value is -2.62. The average molecular weight is 350 g/mol. The molecule has 0 bridgehead atoms. The Labute approximate surface area is 155 Å². The molecule has 2 aromatic rings. The van der Waals surface area contributed by atoms with E-state index in [1.807, 2.05) is 60.4 Å². The zero-order chi connectivity index (χ0) is 18.4. The van der Waals surface area contributed by atoms with Gasteiger partial charge < -0.3 is 10.2 Å². The Balaban J connectivity index is 1.49. The number of carbonyl (C=O) groups excluding carboxylic acids is 2. The molecule has 0 spiro atoms. The van der Waals surface area contributed by atoms with E-state index in [0.717, 1.165) is 48.3 Å². The van der Waals surface area contributed by atoms with E-state index in [2.05, 4.69) is 5.32 Å². The van der Waals surface area contributed by atoms with Crippen molar-refractivity contribution >= 4 is 17.4 Å². The number of aryl methyl sites for hydroxylation is 1. The number of anilines is 1. The van der Waals surface area contributed by atoms with Crippen LogP contribution in [-0.4, -0.2) is 36.2 Å². The summed E-state index contributed by atoms with van der Waals surface area (Å²) in [6.45, 7) is 4.31. The van der Waals surface area contributed by atoms with Crippen molar-refractivity contribution < 1.29 is 9.59 Å². The highest BCUT2D eigenvalue weighted by Crippen LogP contribution is 2.16. The van der Waals surface area contributed by atoms with Gasteiger partial charge in [-0.3, -0.25) is 9.59 Å². The van der Waals surface area contributed by atoms with E-state index in [4.69, 9.17) is 0 Å². The molecule has 1 amide bonds. The summed E-state index contributed by atoms with van der Waals surface area (Å²) in [5.41, 5.74) is 3.56. The summed E-state index contributed by atoms with van der Waals surface area (Å²) in [4.78, 5) is 26.6. The van der Waals surface area contributed by atoms with Gasteiger partial charge >= 0.3 is 0 Å². The van der Waals surface area contributed by atoms with Crippen molar-refractivity contribution in [2.45, 2.75) is 32.6 Å².